The van der Waals surface area contributed by atoms with Gasteiger partial charge in [0.05, 0.1) is 0 Å². The van der Waals surface area contributed by atoms with Gasteiger partial charge in [0, 0.05) is 34.7 Å². The standard InChI is InChI=1S/C18H18N2S/c1-14(15-9-11-19-12-10-15)20-13-17-7-8-18(21-17)16-5-3-2-4-6-16/h2-12,14,20H,13H2,1H3/t14-/m0/s1. The summed E-state index contributed by atoms with van der Waals surface area (Å²) in [6.45, 7) is 3.07. The molecular weight excluding hydrogens is 276 g/mol. The van der Waals surface area contributed by atoms with Crippen LogP contribution in [0.4, 0.5) is 0 Å². The van der Waals surface area contributed by atoms with Gasteiger partial charge in [0.15, 0.2) is 0 Å². The van der Waals surface area contributed by atoms with E-state index in [1.54, 1.807) is 0 Å². The van der Waals surface area contributed by atoms with E-state index in [1.165, 1.54) is 20.9 Å². The molecule has 1 atom stereocenters. The van der Waals surface area contributed by atoms with Gasteiger partial charge in [-0.1, -0.05) is 30.3 Å². The van der Waals surface area contributed by atoms with Gasteiger partial charge in [0.1, 0.15) is 0 Å². The molecule has 0 unspecified atom stereocenters. The van der Waals surface area contributed by atoms with Crippen molar-refractivity contribution in [1.82, 2.24) is 10.3 Å². The fourth-order valence-corrected chi connectivity index (χ4v) is 3.22. The first-order valence-electron chi connectivity index (χ1n) is 7.10. The monoisotopic (exact) mass is 294 g/mol. The molecule has 0 aliphatic heterocycles. The van der Waals surface area contributed by atoms with Crippen LogP contribution >= 0.6 is 11.3 Å². The number of rotatable bonds is 5. The second kappa shape index (κ2) is 6.66. The molecule has 0 fully saturated rings. The number of aromatic nitrogens is 1. The zero-order valence-electron chi connectivity index (χ0n) is 12.0. The minimum atomic E-state index is 0.329. The van der Waals surface area contributed by atoms with Gasteiger partial charge in [-0.25, -0.2) is 0 Å². The van der Waals surface area contributed by atoms with Gasteiger partial charge in [-0.2, -0.15) is 0 Å². The average molecular weight is 294 g/mol. The molecule has 3 aromatic rings. The summed E-state index contributed by atoms with van der Waals surface area (Å²) in [7, 11) is 0. The molecule has 1 aromatic carbocycles. The van der Waals surface area contributed by atoms with E-state index < -0.39 is 0 Å². The van der Waals surface area contributed by atoms with Crippen molar-refractivity contribution >= 4 is 11.3 Å². The van der Waals surface area contributed by atoms with Crippen LogP contribution in [-0.4, -0.2) is 4.98 Å². The molecular formula is C18H18N2S. The van der Waals surface area contributed by atoms with Crippen LogP contribution in [0.3, 0.4) is 0 Å². The van der Waals surface area contributed by atoms with Crippen LogP contribution in [0.5, 0.6) is 0 Å². The van der Waals surface area contributed by atoms with Crippen LogP contribution in [0.25, 0.3) is 10.4 Å². The van der Waals surface area contributed by atoms with Gasteiger partial charge in [-0.15, -0.1) is 11.3 Å². The van der Waals surface area contributed by atoms with E-state index in [1.807, 2.05) is 23.7 Å². The summed E-state index contributed by atoms with van der Waals surface area (Å²) in [5.41, 5.74) is 2.56. The molecule has 0 aliphatic rings. The Labute approximate surface area is 129 Å². The molecule has 2 nitrogen and oxygen atoms in total. The molecule has 3 rings (SSSR count). The number of nitrogens with one attached hydrogen (secondary N) is 1. The lowest BCUT2D eigenvalue weighted by Crippen LogP contribution is -2.17. The van der Waals surface area contributed by atoms with Crippen molar-refractivity contribution in [2.75, 3.05) is 0 Å². The van der Waals surface area contributed by atoms with Crippen LogP contribution in [0, 0.1) is 0 Å². The second-order valence-corrected chi connectivity index (χ2v) is 6.18. The average Bonchev–Trinajstić information content (AvgIpc) is 3.03. The number of pyridine rings is 1. The van der Waals surface area contributed by atoms with Crippen molar-refractivity contribution in [3.63, 3.8) is 0 Å². The summed E-state index contributed by atoms with van der Waals surface area (Å²) in [6, 6.07) is 19.4. The molecule has 2 heterocycles. The second-order valence-electron chi connectivity index (χ2n) is 5.02. The van der Waals surface area contributed by atoms with E-state index in [0.717, 1.165) is 6.54 Å². The Bertz CT molecular complexity index is 677. The van der Waals surface area contributed by atoms with Crippen LogP contribution in [-0.2, 0) is 6.54 Å². The Morgan fingerprint density at radius 2 is 1.76 bits per heavy atom. The van der Waals surface area contributed by atoms with Gasteiger partial charge in [-0.3, -0.25) is 4.98 Å². The van der Waals surface area contributed by atoms with Crippen LogP contribution in [0.2, 0.25) is 0 Å². The van der Waals surface area contributed by atoms with Gasteiger partial charge in [0.25, 0.3) is 0 Å². The zero-order valence-corrected chi connectivity index (χ0v) is 12.8. The summed E-state index contributed by atoms with van der Waals surface area (Å²) in [5.74, 6) is 0. The molecule has 0 amide bonds. The third-order valence-electron chi connectivity index (χ3n) is 3.51. The van der Waals surface area contributed by atoms with E-state index in [0.29, 0.717) is 6.04 Å². The quantitative estimate of drug-likeness (QED) is 0.740. The van der Waals surface area contributed by atoms with Crippen molar-refractivity contribution < 1.29 is 0 Å². The maximum Gasteiger partial charge on any atom is 0.0346 e. The number of hydrogen-bond donors (Lipinski definition) is 1. The van der Waals surface area contributed by atoms with E-state index in [-0.39, 0.29) is 0 Å². The molecule has 0 radical (unpaired) electrons. The first-order valence-corrected chi connectivity index (χ1v) is 7.92. The van der Waals surface area contributed by atoms with Crippen molar-refractivity contribution in [1.29, 1.82) is 0 Å². The fraction of sp³-hybridized carbons (Fsp3) is 0.167. The Kier molecular flexibility index (Phi) is 4.43. The predicted molar refractivity (Wildman–Crippen MR) is 89.2 cm³/mol. The van der Waals surface area contributed by atoms with Crippen molar-refractivity contribution in [2.24, 2.45) is 0 Å². The number of hydrogen-bond acceptors (Lipinski definition) is 3. The number of benzene rings is 1. The molecule has 2 aromatic heterocycles. The van der Waals surface area contributed by atoms with Crippen LogP contribution in [0.15, 0.2) is 67.0 Å². The summed E-state index contributed by atoms with van der Waals surface area (Å²) in [6.07, 6.45) is 3.68. The molecule has 0 saturated heterocycles. The molecule has 1 N–H and O–H groups in total. The third kappa shape index (κ3) is 3.57. The maximum atomic E-state index is 4.06. The molecule has 3 heteroatoms. The first kappa shape index (κ1) is 14.0. The smallest absolute Gasteiger partial charge is 0.0346 e. The minimum Gasteiger partial charge on any atom is -0.305 e. The van der Waals surface area contributed by atoms with Crippen LogP contribution < -0.4 is 5.32 Å². The minimum absolute atomic E-state index is 0.329. The Hall–Kier alpha value is -1.97. The highest BCUT2D eigenvalue weighted by molar-refractivity contribution is 7.15. The Balaban J connectivity index is 1.63. The molecule has 0 aliphatic carbocycles. The lowest BCUT2D eigenvalue weighted by atomic mass is 10.1. The first-order chi connectivity index (χ1) is 10.3. The fourth-order valence-electron chi connectivity index (χ4n) is 2.25. The normalized spacial score (nSPS) is 12.2. The lowest BCUT2D eigenvalue weighted by molar-refractivity contribution is 0.578. The van der Waals surface area contributed by atoms with Gasteiger partial charge in [0.2, 0.25) is 0 Å². The summed E-state index contributed by atoms with van der Waals surface area (Å²) >= 11 is 1.85. The summed E-state index contributed by atoms with van der Waals surface area (Å²) in [5, 5.41) is 3.56. The highest BCUT2D eigenvalue weighted by Gasteiger charge is 2.06. The van der Waals surface area contributed by atoms with E-state index in [9.17, 15) is 0 Å². The van der Waals surface area contributed by atoms with Crippen molar-refractivity contribution in [3.05, 3.63) is 77.4 Å². The molecule has 0 spiro atoms. The largest absolute Gasteiger partial charge is 0.305 e. The van der Waals surface area contributed by atoms with Crippen molar-refractivity contribution in [3.8, 4) is 10.4 Å². The molecule has 0 bridgehead atoms. The van der Waals surface area contributed by atoms with E-state index >= 15 is 0 Å². The SMILES string of the molecule is C[C@H](NCc1ccc(-c2ccccc2)s1)c1ccncc1. The van der Waals surface area contributed by atoms with Gasteiger partial charge >= 0.3 is 0 Å². The lowest BCUT2D eigenvalue weighted by Gasteiger charge is -2.12. The zero-order chi connectivity index (χ0) is 14.5. The highest BCUT2D eigenvalue weighted by Crippen LogP contribution is 2.28. The Morgan fingerprint density at radius 1 is 1.00 bits per heavy atom. The number of thiophene rings is 1. The maximum absolute atomic E-state index is 4.06. The van der Waals surface area contributed by atoms with E-state index in [2.05, 4.69) is 71.8 Å². The van der Waals surface area contributed by atoms with Gasteiger partial charge in [-0.05, 0) is 42.3 Å². The van der Waals surface area contributed by atoms with Gasteiger partial charge < -0.3 is 5.32 Å². The Morgan fingerprint density at radius 3 is 2.52 bits per heavy atom. The number of nitrogens with zero attached hydrogens (tertiary/aromatic N) is 1. The summed E-state index contributed by atoms with van der Waals surface area (Å²) < 4.78 is 0. The molecule has 0 saturated carbocycles. The molecule has 21 heavy (non-hydrogen) atoms. The molecule has 106 valence electrons. The highest BCUT2D eigenvalue weighted by atomic mass is 32.1. The predicted octanol–water partition coefficient (Wildman–Crippen LogP) is 4.66. The topological polar surface area (TPSA) is 24.9 Å². The van der Waals surface area contributed by atoms with Crippen molar-refractivity contribution in [2.45, 2.75) is 19.5 Å². The van der Waals surface area contributed by atoms with Crippen LogP contribution in [0.1, 0.15) is 23.4 Å². The summed E-state index contributed by atoms with van der Waals surface area (Å²) in [4.78, 5) is 6.74. The van der Waals surface area contributed by atoms with E-state index in [4.69, 9.17) is 0 Å². The third-order valence-corrected chi connectivity index (χ3v) is 4.64.